The van der Waals surface area contributed by atoms with Gasteiger partial charge in [-0.15, -0.1) is 0 Å². The number of Topliss-reactive ketones (excluding diaryl/α,β-unsaturated/α-hetero) is 1. The smallest absolute Gasteiger partial charge is 0.300 e. The van der Waals surface area contributed by atoms with E-state index in [0.29, 0.717) is 12.6 Å². The minimum Gasteiger partial charge on any atom is -0.354 e. The molecule has 1 aliphatic rings. The van der Waals surface area contributed by atoms with Gasteiger partial charge in [0.25, 0.3) is 11.7 Å². The van der Waals surface area contributed by atoms with Crippen LogP contribution in [0.5, 0.6) is 0 Å². The second-order valence-corrected chi connectivity index (χ2v) is 5.20. The van der Waals surface area contributed by atoms with Crippen molar-refractivity contribution in [3.05, 3.63) is 29.3 Å². The first-order valence-electron chi connectivity index (χ1n) is 6.43. The SMILES string of the molecule is CC(C)CNC(=O)CN1C(=O)C(=O)c2cc(F)cc(F)c21. The number of halogens is 2. The zero-order valence-electron chi connectivity index (χ0n) is 11.6. The minimum atomic E-state index is -1.04. The van der Waals surface area contributed by atoms with Crippen LogP contribution in [0.1, 0.15) is 24.2 Å². The number of carbonyl (C=O) groups excluding carboxylic acids is 3. The monoisotopic (exact) mass is 296 g/mol. The molecule has 2 amide bonds. The normalized spacial score (nSPS) is 13.9. The summed E-state index contributed by atoms with van der Waals surface area (Å²) in [6.45, 7) is 3.70. The van der Waals surface area contributed by atoms with Crippen LogP contribution in [0.15, 0.2) is 12.1 Å². The molecule has 21 heavy (non-hydrogen) atoms. The van der Waals surface area contributed by atoms with Crippen molar-refractivity contribution in [2.75, 3.05) is 18.0 Å². The number of rotatable bonds is 4. The molecule has 0 fully saturated rings. The highest BCUT2D eigenvalue weighted by molar-refractivity contribution is 6.52. The Balaban J connectivity index is 2.25. The summed E-state index contributed by atoms with van der Waals surface area (Å²) in [5, 5.41) is 2.57. The molecule has 1 aliphatic heterocycles. The van der Waals surface area contributed by atoms with Gasteiger partial charge in [-0.05, 0) is 12.0 Å². The quantitative estimate of drug-likeness (QED) is 0.851. The summed E-state index contributed by atoms with van der Waals surface area (Å²) in [7, 11) is 0. The highest BCUT2D eigenvalue weighted by atomic mass is 19.1. The summed E-state index contributed by atoms with van der Waals surface area (Å²) < 4.78 is 26.9. The number of benzene rings is 1. The van der Waals surface area contributed by atoms with Gasteiger partial charge in [-0.1, -0.05) is 13.8 Å². The van der Waals surface area contributed by atoms with E-state index in [9.17, 15) is 23.2 Å². The van der Waals surface area contributed by atoms with Crippen LogP contribution in [-0.2, 0) is 9.59 Å². The Bertz CT molecular complexity index is 629. The Labute approximate surface area is 119 Å². The first-order chi connectivity index (χ1) is 9.81. The molecule has 1 aromatic rings. The summed E-state index contributed by atoms with van der Waals surface area (Å²) in [6, 6.07) is 1.37. The van der Waals surface area contributed by atoms with E-state index in [1.807, 2.05) is 13.8 Å². The van der Waals surface area contributed by atoms with Gasteiger partial charge in [0, 0.05) is 12.6 Å². The Hall–Kier alpha value is -2.31. The lowest BCUT2D eigenvalue weighted by molar-refractivity contribution is -0.122. The maximum absolute atomic E-state index is 13.8. The van der Waals surface area contributed by atoms with Gasteiger partial charge in [0.05, 0.1) is 11.3 Å². The predicted octanol–water partition coefficient (Wildman–Crippen LogP) is 1.27. The van der Waals surface area contributed by atoms with E-state index in [-0.39, 0.29) is 17.2 Å². The standard InChI is InChI=1S/C14H14F2N2O3/c1-7(2)5-17-11(19)6-18-12-9(13(20)14(18)21)3-8(15)4-10(12)16/h3-4,7H,5-6H2,1-2H3,(H,17,19). The number of anilines is 1. The summed E-state index contributed by atoms with van der Waals surface area (Å²) in [5.41, 5.74) is -0.694. The molecule has 0 saturated carbocycles. The first-order valence-corrected chi connectivity index (χ1v) is 6.43. The highest BCUT2D eigenvalue weighted by Crippen LogP contribution is 2.32. The minimum absolute atomic E-state index is 0.211. The Morgan fingerprint density at radius 2 is 1.95 bits per heavy atom. The van der Waals surface area contributed by atoms with Crippen LogP contribution < -0.4 is 10.2 Å². The van der Waals surface area contributed by atoms with Crippen LogP contribution in [-0.4, -0.2) is 30.7 Å². The third-order valence-corrected chi connectivity index (χ3v) is 2.99. The van der Waals surface area contributed by atoms with Crippen molar-refractivity contribution in [3.8, 4) is 0 Å². The van der Waals surface area contributed by atoms with Gasteiger partial charge in [-0.25, -0.2) is 8.78 Å². The van der Waals surface area contributed by atoms with Crippen molar-refractivity contribution >= 4 is 23.3 Å². The molecule has 0 spiro atoms. The van der Waals surface area contributed by atoms with E-state index < -0.39 is 35.8 Å². The van der Waals surface area contributed by atoms with E-state index in [0.717, 1.165) is 11.0 Å². The van der Waals surface area contributed by atoms with Crippen molar-refractivity contribution < 1.29 is 23.2 Å². The molecule has 0 bridgehead atoms. The molecular weight excluding hydrogens is 282 g/mol. The molecule has 0 aliphatic carbocycles. The Morgan fingerprint density at radius 3 is 2.57 bits per heavy atom. The number of carbonyl (C=O) groups is 3. The Kier molecular flexibility index (Phi) is 4.02. The van der Waals surface area contributed by atoms with E-state index in [1.54, 1.807) is 0 Å². The molecule has 1 N–H and O–H groups in total. The molecule has 0 atom stereocenters. The predicted molar refractivity (Wildman–Crippen MR) is 70.9 cm³/mol. The molecule has 1 heterocycles. The summed E-state index contributed by atoms with van der Waals surface area (Å²) >= 11 is 0. The average Bonchev–Trinajstić information content (AvgIpc) is 2.62. The lowest BCUT2D eigenvalue weighted by Crippen LogP contribution is -2.41. The maximum atomic E-state index is 13.8. The summed E-state index contributed by atoms with van der Waals surface area (Å²) in [5.74, 6) is -4.34. The fraction of sp³-hybridized carbons (Fsp3) is 0.357. The molecule has 7 heteroatoms. The van der Waals surface area contributed by atoms with E-state index in [4.69, 9.17) is 0 Å². The largest absolute Gasteiger partial charge is 0.354 e. The zero-order valence-corrected chi connectivity index (χ0v) is 11.6. The van der Waals surface area contributed by atoms with E-state index in [1.165, 1.54) is 0 Å². The van der Waals surface area contributed by atoms with Gasteiger partial charge >= 0.3 is 0 Å². The van der Waals surface area contributed by atoms with Gasteiger partial charge in [0.2, 0.25) is 5.91 Å². The number of fused-ring (bicyclic) bond motifs is 1. The molecular formula is C14H14F2N2O3. The maximum Gasteiger partial charge on any atom is 0.300 e. The van der Waals surface area contributed by atoms with E-state index >= 15 is 0 Å². The fourth-order valence-corrected chi connectivity index (χ4v) is 2.02. The van der Waals surface area contributed by atoms with Crippen molar-refractivity contribution in [1.29, 1.82) is 0 Å². The topological polar surface area (TPSA) is 66.5 Å². The molecule has 5 nitrogen and oxygen atoms in total. The van der Waals surface area contributed by atoms with Crippen molar-refractivity contribution in [2.45, 2.75) is 13.8 Å². The van der Waals surface area contributed by atoms with Crippen LogP contribution in [0.4, 0.5) is 14.5 Å². The number of hydrogen-bond acceptors (Lipinski definition) is 3. The third-order valence-electron chi connectivity index (χ3n) is 2.99. The number of nitrogens with zero attached hydrogens (tertiary/aromatic N) is 1. The zero-order chi connectivity index (χ0) is 15.7. The lowest BCUT2D eigenvalue weighted by Gasteiger charge is -2.17. The molecule has 0 radical (unpaired) electrons. The fourth-order valence-electron chi connectivity index (χ4n) is 2.02. The Morgan fingerprint density at radius 1 is 1.29 bits per heavy atom. The number of ketones is 1. The second-order valence-electron chi connectivity index (χ2n) is 5.20. The van der Waals surface area contributed by atoms with Crippen LogP contribution in [0.25, 0.3) is 0 Å². The van der Waals surface area contributed by atoms with Gasteiger partial charge < -0.3 is 5.32 Å². The van der Waals surface area contributed by atoms with Crippen LogP contribution in [0.2, 0.25) is 0 Å². The molecule has 2 rings (SSSR count). The average molecular weight is 296 g/mol. The van der Waals surface area contributed by atoms with Crippen molar-refractivity contribution in [3.63, 3.8) is 0 Å². The van der Waals surface area contributed by atoms with Crippen molar-refractivity contribution in [2.24, 2.45) is 5.92 Å². The molecule has 0 saturated heterocycles. The lowest BCUT2D eigenvalue weighted by atomic mass is 10.1. The van der Waals surface area contributed by atoms with Gasteiger partial charge in [0.1, 0.15) is 12.4 Å². The van der Waals surface area contributed by atoms with Gasteiger partial charge in [0.15, 0.2) is 5.82 Å². The van der Waals surface area contributed by atoms with E-state index in [2.05, 4.69) is 5.32 Å². The molecule has 112 valence electrons. The van der Waals surface area contributed by atoms with Crippen LogP contribution >= 0.6 is 0 Å². The first kappa shape index (κ1) is 15.1. The number of nitrogens with one attached hydrogen (secondary N) is 1. The number of hydrogen-bond donors (Lipinski definition) is 1. The molecule has 0 unspecified atom stereocenters. The summed E-state index contributed by atoms with van der Waals surface area (Å²) in [4.78, 5) is 36.0. The molecule has 1 aromatic carbocycles. The van der Waals surface area contributed by atoms with Crippen molar-refractivity contribution in [1.82, 2.24) is 5.32 Å². The number of amides is 2. The van der Waals surface area contributed by atoms with Gasteiger partial charge in [-0.3, -0.25) is 19.3 Å². The summed E-state index contributed by atoms with van der Waals surface area (Å²) in [6.07, 6.45) is 0. The third kappa shape index (κ3) is 2.91. The highest BCUT2D eigenvalue weighted by Gasteiger charge is 2.39. The van der Waals surface area contributed by atoms with Crippen LogP contribution in [0, 0.1) is 17.6 Å². The molecule has 0 aromatic heterocycles. The van der Waals surface area contributed by atoms with Gasteiger partial charge in [-0.2, -0.15) is 0 Å². The second kappa shape index (κ2) is 5.59. The van der Waals surface area contributed by atoms with Crippen LogP contribution in [0.3, 0.4) is 0 Å².